The van der Waals surface area contributed by atoms with Crippen LogP contribution in [0.25, 0.3) is 0 Å². The zero-order valence-electron chi connectivity index (χ0n) is 10.5. The third kappa shape index (κ3) is 4.37. The van der Waals surface area contributed by atoms with E-state index in [-0.39, 0.29) is 5.56 Å². The minimum absolute atomic E-state index is 0.255. The lowest BCUT2D eigenvalue weighted by molar-refractivity contribution is -0.156. The van der Waals surface area contributed by atoms with Crippen molar-refractivity contribution in [2.24, 2.45) is 0 Å². The van der Waals surface area contributed by atoms with Crippen LogP contribution in [0.2, 0.25) is 0 Å². The number of carbonyl (C=O) groups excluding carboxylic acids is 3. The normalized spacial score (nSPS) is 13.2. The van der Waals surface area contributed by atoms with E-state index in [4.69, 9.17) is 16.3 Å². The van der Waals surface area contributed by atoms with E-state index < -0.39 is 29.4 Å². The number of Topliss-reactive ketones (excluding diaryl/α,β-unsaturated/α-hetero) is 1. The molecule has 1 aromatic rings. The van der Waals surface area contributed by atoms with Crippen molar-refractivity contribution in [2.75, 3.05) is 6.61 Å². The maximum Gasteiger partial charge on any atom is 0.304 e. The predicted molar refractivity (Wildman–Crippen MR) is 67.8 cm³/mol. The number of hydrogen-bond donors (Lipinski definition) is 0. The van der Waals surface area contributed by atoms with Gasteiger partial charge < -0.3 is 9.47 Å². The van der Waals surface area contributed by atoms with Gasteiger partial charge in [0.2, 0.25) is 5.78 Å². The summed E-state index contributed by atoms with van der Waals surface area (Å²) in [6.07, 6.45) is 0. The molecule has 0 bridgehead atoms. The van der Waals surface area contributed by atoms with E-state index in [9.17, 15) is 14.4 Å². The Labute approximate surface area is 115 Å². The molecule has 102 valence electrons. The molecule has 0 saturated carbocycles. The van der Waals surface area contributed by atoms with Crippen molar-refractivity contribution in [2.45, 2.75) is 18.9 Å². The summed E-state index contributed by atoms with van der Waals surface area (Å²) in [5, 5.41) is -2.04. The molecular formula is C13H13ClO5. The standard InChI is InChI=1S/C13H13ClO5/c1-9(15)18-8-13(14,19-10(2)16)12(17)11-6-4-3-5-7-11/h3-7H,8H2,1-2H3. The zero-order chi connectivity index (χ0) is 14.5. The maximum absolute atomic E-state index is 12.2. The molecule has 0 aliphatic carbocycles. The first kappa shape index (κ1) is 15.2. The van der Waals surface area contributed by atoms with Crippen LogP contribution in [0.3, 0.4) is 0 Å². The average molecular weight is 285 g/mol. The number of esters is 2. The molecule has 0 saturated heterocycles. The average Bonchev–Trinajstić information content (AvgIpc) is 2.36. The van der Waals surface area contributed by atoms with Crippen LogP contribution < -0.4 is 0 Å². The third-order valence-electron chi connectivity index (χ3n) is 2.14. The molecule has 0 heterocycles. The zero-order valence-corrected chi connectivity index (χ0v) is 11.3. The van der Waals surface area contributed by atoms with Gasteiger partial charge in [-0.25, -0.2) is 0 Å². The second kappa shape index (κ2) is 6.33. The number of ether oxygens (including phenoxy) is 2. The fourth-order valence-electron chi connectivity index (χ4n) is 1.37. The molecule has 1 rings (SSSR count). The number of alkyl halides is 1. The largest absolute Gasteiger partial charge is 0.460 e. The van der Waals surface area contributed by atoms with Crippen LogP contribution >= 0.6 is 11.6 Å². The summed E-state index contributed by atoms with van der Waals surface area (Å²) in [6.45, 7) is 1.73. The molecule has 1 atom stereocenters. The van der Waals surface area contributed by atoms with Gasteiger partial charge in [-0.3, -0.25) is 14.4 Å². The van der Waals surface area contributed by atoms with E-state index in [1.807, 2.05) is 0 Å². The molecule has 0 amide bonds. The van der Waals surface area contributed by atoms with Crippen LogP contribution in [0.1, 0.15) is 24.2 Å². The molecule has 1 aromatic carbocycles. The number of ketones is 1. The summed E-state index contributed by atoms with van der Waals surface area (Å²) in [7, 11) is 0. The van der Waals surface area contributed by atoms with Crippen molar-refractivity contribution in [1.82, 2.24) is 0 Å². The Morgan fingerprint density at radius 2 is 1.68 bits per heavy atom. The fraction of sp³-hybridized carbons (Fsp3) is 0.308. The van der Waals surface area contributed by atoms with Crippen LogP contribution in [0, 0.1) is 0 Å². The van der Waals surface area contributed by atoms with Crippen molar-refractivity contribution < 1.29 is 23.9 Å². The lowest BCUT2D eigenvalue weighted by Gasteiger charge is -2.24. The Morgan fingerprint density at radius 1 is 1.11 bits per heavy atom. The lowest BCUT2D eigenvalue weighted by Crippen LogP contribution is -2.42. The van der Waals surface area contributed by atoms with Gasteiger partial charge in [0, 0.05) is 19.4 Å². The van der Waals surface area contributed by atoms with Crippen molar-refractivity contribution in [3.05, 3.63) is 35.9 Å². The number of rotatable bonds is 5. The van der Waals surface area contributed by atoms with E-state index in [0.29, 0.717) is 0 Å². The number of benzene rings is 1. The molecule has 0 radical (unpaired) electrons. The first-order valence-corrected chi connectivity index (χ1v) is 5.84. The SMILES string of the molecule is CC(=O)OCC(Cl)(OC(C)=O)C(=O)c1ccccc1. The minimum atomic E-state index is -2.04. The Bertz CT molecular complexity index is 485. The number of halogens is 1. The van der Waals surface area contributed by atoms with Gasteiger partial charge >= 0.3 is 11.9 Å². The van der Waals surface area contributed by atoms with Crippen molar-refractivity contribution >= 4 is 29.3 Å². The van der Waals surface area contributed by atoms with Crippen LogP contribution in [-0.4, -0.2) is 29.4 Å². The molecule has 1 unspecified atom stereocenters. The third-order valence-corrected chi connectivity index (χ3v) is 2.50. The molecule has 0 aromatic heterocycles. The molecule has 5 nitrogen and oxygen atoms in total. The second-order valence-electron chi connectivity index (χ2n) is 3.80. The molecular weight excluding hydrogens is 272 g/mol. The number of hydrogen-bond acceptors (Lipinski definition) is 5. The molecule has 0 aliphatic heterocycles. The van der Waals surface area contributed by atoms with E-state index >= 15 is 0 Å². The molecule has 0 N–H and O–H groups in total. The second-order valence-corrected chi connectivity index (χ2v) is 4.41. The Morgan fingerprint density at radius 3 is 2.16 bits per heavy atom. The van der Waals surface area contributed by atoms with Gasteiger partial charge in [-0.05, 0) is 0 Å². The molecule has 19 heavy (non-hydrogen) atoms. The Kier molecular flexibility index (Phi) is 5.06. The highest BCUT2D eigenvalue weighted by Gasteiger charge is 2.41. The van der Waals surface area contributed by atoms with Gasteiger partial charge in [-0.2, -0.15) is 0 Å². The van der Waals surface area contributed by atoms with Crippen molar-refractivity contribution in [3.63, 3.8) is 0 Å². The summed E-state index contributed by atoms with van der Waals surface area (Å²) in [5.41, 5.74) is 0.255. The van der Waals surface area contributed by atoms with Crippen LogP contribution in [0.15, 0.2) is 30.3 Å². The van der Waals surface area contributed by atoms with Gasteiger partial charge in [0.1, 0.15) is 0 Å². The monoisotopic (exact) mass is 284 g/mol. The van der Waals surface area contributed by atoms with Gasteiger partial charge in [0.05, 0.1) is 0 Å². The van der Waals surface area contributed by atoms with Crippen LogP contribution in [0.4, 0.5) is 0 Å². The van der Waals surface area contributed by atoms with E-state index in [2.05, 4.69) is 4.74 Å². The molecule has 0 spiro atoms. The number of carbonyl (C=O) groups is 3. The van der Waals surface area contributed by atoms with Gasteiger partial charge in [-0.1, -0.05) is 41.9 Å². The summed E-state index contributed by atoms with van der Waals surface area (Å²) in [4.78, 5) is 34.1. The Balaban J connectivity index is 2.98. The smallest absolute Gasteiger partial charge is 0.304 e. The maximum atomic E-state index is 12.2. The van der Waals surface area contributed by atoms with E-state index in [0.717, 1.165) is 13.8 Å². The summed E-state index contributed by atoms with van der Waals surface area (Å²) >= 11 is 5.99. The first-order chi connectivity index (χ1) is 8.85. The van der Waals surface area contributed by atoms with Gasteiger partial charge in [0.15, 0.2) is 6.61 Å². The minimum Gasteiger partial charge on any atom is -0.460 e. The van der Waals surface area contributed by atoms with Gasteiger partial charge in [-0.15, -0.1) is 0 Å². The van der Waals surface area contributed by atoms with E-state index in [1.54, 1.807) is 18.2 Å². The summed E-state index contributed by atoms with van der Waals surface area (Å²) in [6, 6.07) is 8.06. The van der Waals surface area contributed by atoms with Crippen LogP contribution in [0.5, 0.6) is 0 Å². The highest BCUT2D eigenvalue weighted by atomic mass is 35.5. The Hall–Kier alpha value is -1.88. The topological polar surface area (TPSA) is 69.7 Å². The van der Waals surface area contributed by atoms with E-state index in [1.165, 1.54) is 12.1 Å². The lowest BCUT2D eigenvalue weighted by atomic mass is 10.1. The van der Waals surface area contributed by atoms with Crippen molar-refractivity contribution in [1.29, 1.82) is 0 Å². The quantitative estimate of drug-likeness (QED) is 0.469. The highest BCUT2D eigenvalue weighted by molar-refractivity contribution is 6.37. The molecule has 6 heteroatoms. The van der Waals surface area contributed by atoms with Crippen LogP contribution in [-0.2, 0) is 19.1 Å². The molecule has 0 aliphatic rings. The summed E-state index contributed by atoms with van der Waals surface area (Å²) in [5.74, 6) is -2.02. The van der Waals surface area contributed by atoms with Crippen molar-refractivity contribution in [3.8, 4) is 0 Å². The van der Waals surface area contributed by atoms with Gasteiger partial charge in [0.25, 0.3) is 5.06 Å². The fourth-order valence-corrected chi connectivity index (χ4v) is 1.64. The molecule has 0 fully saturated rings. The highest BCUT2D eigenvalue weighted by Crippen LogP contribution is 2.24. The predicted octanol–water partition coefficient (Wildman–Crippen LogP) is 1.93. The first-order valence-electron chi connectivity index (χ1n) is 5.47. The summed E-state index contributed by atoms with van der Waals surface area (Å²) < 4.78 is 9.49.